The minimum Gasteiger partial charge on any atom is -0.486 e. The minimum absolute atomic E-state index is 0.0441. The highest BCUT2D eigenvalue weighted by atomic mass is 35.5. The quantitative estimate of drug-likeness (QED) is 0.532. The van der Waals surface area contributed by atoms with Crippen molar-refractivity contribution in [1.82, 2.24) is 4.98 Å². The molecule has 0 unspecified atom stereocenters. The topological polar surface area (TPSA) is 89.6 Å². The third-order valence-electron chi connectivity index (χ3n) is 3.90. The van der Waals surface area contributed by atoms with Gasteiger partial charge in [-0.1, -0.05) is 17.7 Å². The molecule has 1 heterocycles. The van der Waals surface area contributed by atoms with Gasteiger partial charge in [0.25, 0.3) is 5.91 Å². The Hall–Kier alpha value is -2.94. The molecule has 0 atom stereocenters. The zero-order valence-electron chi connectivity index (χ0n) is 16.4. The molecule has 9 heteroatoms. The molecule has 2 amide bonds. The van der Waals surface area contributed by atoms with Crippen LogP contribution >= 0.6 is 22.9 Å². The van der Waals surface area contributed by atoms with Gasteiger partial charge in [-0.3, -0.25) is 9.59 Å². The first-order valence-corrected chi connectivity index (χ1v) is 10.2. The van der Waals surface area contributed by atoms with Crippen molar-refractivity contribution in [2.24, 2.45) is 0 Å². The number of thiazole rings is 1. The van der Waals surface area contributed by atoms with Crippen molar-refractivity contribution < 1.29 is 19.1 Å². The second-order valence-corrected chi connectivity index (χ2v) is 7.80. The van der Waals surface area contributed by atoms with Crippen LogP contribution in [0.3, 0.4) is 0 Å². The number of amides is 2. The Morgan fingerprint density at radius 3 is 2.50 bits per heavy atom. The van der Waals surface area contributed by atoms with Crippen LogP contribution in [0.25, 0.3) is 0 Å². The van der Waals surface area contributed by atoms with Crippen molar-refractivity contribution in [1.29, 1.82) is 0 Å². The Kier molecular flexibility index (Phi) is 7.40. The van der Waals surface area contributed by atoms with E-state index in [1.54, 1.807) is 55.5 Å². The van der Waals surface area contributed by atoms with E-state index in [0.717, 1.165) is 0 Å². The van der Waals surface area contributed by atoms with E-state index < -0.39 is 0 Å². The Morgan fingerprint density at radius 1 is 1.10 bits per heavy atom. The van der Waals surface area contributed by atoms with Gasteiger partial charge in [-0.15, -0.1) is 11.3 Å². The van der Waals surface area contributed by atoms with Gasteiger partial charge in [-0.25, -0.2) is 4.98 Å². The summed E-state index contributed by atoms with van der Waals surface area (Å²) in [4.78, 5) is 29.3. The minimum atomic E-state index is -0.275. The number of halogens is 1. The number of rotatable bonds is 8. The number of hydrogen-bond acceptors (Lipinski definition) is 6. The van der Waals surface area contributed by atoms with Gasteiger partial charge in [0, 0.05) is 23.5 Å². The van der Waals surface area contributed by atoms with E-state index in [1.807, 2.05) is 0 Å². The molecule has 3 rings (SSSR count). The SMILES string of the molecule is COCC(=O)Nc1cccc(NC(=O)c2sc(COc3ccc(Cl)cc3)nc2C)c1. The van der Waals surface area contributed by atoms with Crippen LogP contribution in [0.4, 0.5) is 11.4 Å². The molecule has 0 aliphatic rings. The van der Waals surface area contributed by atoms with E-state index in [4.69, 9.17) is 21.1 Å². The molecule has 0 spiro atoms. The predicted octanol–water partition coefficient (Wildman–Crippen LogP) is 4.52. The number of aryl methyl sites for hydroxylation is 1. The maximum absolute atomic E-state index is 12.7. The van der Waals surface area contributed by atoms with E-state index >= 15 is 0 Å². The van der Waals surface area contributed by atoms with Crippen LogP contribution in [-0.2, 0) is 16.1 Å². The molecule has 0 aliphatic carbocycles. The molecule has 30 heavy (non-hydrogen) atoms. The number of anilines is 2. The zero-order chi connectivity index (χ0) is 21.5. The van der Waals surface area contributed by atoms with Crippen LogP contribution in [0.1, 0.15) is 20.4 Å². The molecule has 0 aliphatic heterocycles. The first kappa shape index (κ1) is 21.8. The lowest BCUT2D eigenvalue weighted by Crippen LogP contribution is -2.17. The van der Waals surface area contributed by atoms with Gasteiger partial charge >= 0.3 is 0 Å². The molecule has 2 aromatic carbocycles. The number of nitrogens with zero attached hydrogens (tertiary/aromatic N) is 1. The number of carbonyl (C=O) groups excluding carboxylic acids is 2. The first-order chi connectivity index (χ1) is 14.4. The maximum atomic E-state index is 12.7. The van der Waals surface area contributed by atoms with E-state index in [0.29, 0.717) is 37.7 Å². The number of methoxy groups -OCH3 is 1. The number of nitrogens with one attached hydrogen (secondary N) is 2. The van der Waals surface area contributed by atoms with Gasteiger partial charge in [0.2, 0.25) is 5.91 Å². The van der Waals surface area contributed by atoms with E-state index in [9.17, 15) is 9.59 Å². The standard InChI is InChI=1S/C21H20ClN3O4S/c1-13-20(30-19(23-13)12-29-17-8-6-14(22)7-9-17)21(27)25-16-5-3-4-15(10-16)24-18(26)11-28-2/h3-10H,11-12H2,1-2H3,(H,24,26)(H,25,27). The van der Waals surface area contributed by atoms with Crippen molar-refractivity contribution in [3.63, 3.8) is 0 Å². The second-order valence-electron chi connectivity index (χ2n) is 6.28. The predicted molar refractivity (Wildman–Crippen MR) is 118 cm³/mol. The fourth-order valence-corrected chi connectivity index (χ4v) is 3.59. The fraction of sp³-hybridized carbons (Fsp3) is 0.190. The summed E-state index contributed by atoms with van der Waals surface area (Å²) in [5, 5.41) is 6.85. The molecular formula is C21H20ClN3O4S. The zero-order valence-corrected chi connectivity index (χ0v) is 18.0. The lowest BCUT2D eigenvalue weighted by atomic mass is 10.2. The Balaban J connectivity index is 1.63. The first-order valence-electron chi connectivity index (χ1n) is 8.99. The Morgan fingerprint density at radius 2 is 1.80 bits per heavy atom. The average molecular weight is 446 g/mol. The molecule has 0 fully saturated rings. The molecule has 156 valence electrons. The molecule has 3 aromatic rings. The highest BCUT2D eigenvalue weighted by molar-refractivity contribution is 7.13. The van der Waals surface area contributed by atoms with Crippen molar-refractivity contribution in [2.75, 3.05) is 24.4 Å². The molecular weight excluding hydrogens is 426 g/mol. The van der Waals surface area contributed by atoms with Crippen molar-refractivity contribution in [2.45, 2.75) is 13.5 Å². The molecule has 0 radical (unpaired) electrons. The normalized spacial score (nSPS) is 10.5. The highest BCUT2D eigenvalue weighted by Gasteiger charge is 2.16. The number of hydrogen-bond donors (Lipinski definition) is 2. The summed E-state index contributed by atoms with van der Waals surface area (Å²) >= 11 is 7.14. The van der Waals surface area contributed by atoms with E-state index in [-0.39, 0.29) is 25.0 Å². The summed E-state index contributed by atoms with van der Waals surface area (Å²) in [6.45, 7) is 1.98. The summed E-state index contributed by atoms with van der Waals surface area (Å²) in [7, 11) is 1.45. The second kappa shape index (κ2) is 10.2. The number of benzene rings is 2. The van der Waals surface area contributed by atoms with Crippen LogP contribution < -0.4 is 15.4 Å². The molecule has 0 saturated heterocycles. The smallest absolute Gasteiger partial charge is 0.267 e. The largest absolute Gasteiger partial charge is 0.486 e. The Labute approximate surface area is 183 Å². The summed E-state index contributed by atoms with van der Waals surface area (Å²) in [6.07, 6.45) is 0. The summed E-state index contributed by atoms with van der Waals surface area (Å²) in [6, 6.07) is 13.9. The lowest BCUT2D eigenvalue weighted by molar-refractivity contribution is -0.119. The molecule has 2 N–H and O–H groups in total. The van der Waals surface area contributed by atoms with E-state index in [2.05, 4.69) is 15.6 Å². The summed E-state index contributed by atoms with van der Waals surface area (Å²) < 4.78 is 10.5. The monoisotopic (exact) mass is 445 g/mol. The molecule has 7 nitrogen and oxygen atoms in total. The van der Waals surface area contributed by atoms with Gasteiger partial charge in [-0.2, -0.15) is 0 Å². The maximum Gasteiger partial charge on any atom is 0.267 e. The van der Waals surface area contributed by atoms with Gasteiger partial charge in [0.05, 0.1) is 5.69 Å². The Bertz CT molecular complexity index is 1040. The number of aromatic nitrogens is 1. The van der Waals surface area contributed by atoms with Crippen molar-refractivity contribution in [3.05, 3.63) is 69.1 Å². The number of carbonyl (C=O) groups is 2. The third-order valence-corrected chi connectivity index (χ3v) is 5.28. The number of ether oxygens (including phenoxy) is 2. The molecule has 0 bridgehead atoms. The molecule has 0 saturated carbocycles. The molecule has 1 aromatic heterocycles. The van der Waals surface area contributed by atoms with Gasteiger partial charge in [0.1, 0.15) is 28.8 Å². The average Bonchev–Trinajstić information content (AvgIpc) is 3.09. The lowest BCUT2D eigenvalue weighted by Gasteiger charge is -2.08. The van der Waals surface area contributed by atoms with Gasteiger partial charge in [0.15, 0.2) is 0 Å². The van der Waals surface area contributed by atoms with Crippen molar-refractivity contribution >= 4 is 46.1 Å². The summed E-state index contributed by atoms with van der Waals surface area (Å²) in [5.74, 6) is 0.123. The van der Waals surface area contributed by atoms with Crippen LogP contribution in [-0.4, -0.2) is 30.5 Å². The van der Waals surface area contributed by atoms with Crippen LogP contribution in [0.5, 0.6) is 5.75 Å². The van der Waals surface area contributed by atoms with Gasteiger partial charge < -0.3 is 20.1 Å². The fourth-order valence-electron chi connectivity index (χ4n) is 2.59. The van der Waals surface area contributed by atoms with Crippen molar-refractivity contribution in [3.8, 4) is 5.75 Å². The van der Waals surface area contributed by atoms with Crippen LogP contribution in [0.2, 0.25) is 5.02 Å². The van der Waals surface area contributed by atoms with Crippen LogP contribution in [0, 0.1) is 6.92 Å². The van der Waals surface area contributed by atoms with Gasteiger partial charge in [-0.05, 0) is 49.4 Å². The van der Waals surface area contributed by atoms with E-state index in [1.165, 1.54) is 18.4 Å². The summed E-state index contributed by atoms with van der Waals surface area (Å²) in [5.41, 5.74) is 1.74. The third kappa shape index (κ3) is 6.03. The van der Waals surface area contributed by atoms with Crippen LogP contribution in [0.15, 0.2) is 48.5 Å². The highest BCUT2D eigenvalue weighted by Crippen LogP contribution is 2.23.